The molecule has 0 aromatic rings. The summed E-state index contributed by atoms with van der Waals surface area (Å²) in [6.07, 6.45) is 4.30. The van der Waals surface area contributed by atoms with Gasteiger partial charge in [-0.2, -0.15) is 0 Å². The van der Waals surface area contributed by atoms with E-state index in [-0.39, 0.29) is 5.92 Å². The van der Waals surface area contributed by atoms with Crippen LogP contribution >= 0.6 is 0 Å². The van der Waals surface area contributed by atoms with Gasteiger partial charge in [-0.05, 0) is 32.3 Å². The minimum absolute atomic E-state index is 0.243. The minimum atomic E-state index is -0.692. The average molecular weight is 253 g/mol. The molecule has 0 aliphatic heterocycles. The molecule has 0 heterocycles. The third-order valence-corrected chi connectivity index (χ3v) is 2.64. The molecule has 1 aliphatic carbocycles. The molecule has 0 radical (unpaired) electrons. The maximum absolute atomic E-state index is 11.7. The molecule has 0 spiro atoms. The molecule has 0 aromatic heterocycles. The van der Waals surface area contributed by atoms with Gasteiger partial charge in [-0.3, -0.25) is 0 Å². The molecule has 102 valence electrons. The van der Waals surface area contributed by atoms with Crippen LogP contribution in [0, 0.1) is 5.92 Å². The first-order chi connectivity index (χ1) is 8.20. The topological polar surface area (TPSA) is 58.6 Å². The van der Waals surface area contributed by atoms with Gasteiger partial charge in [-0.25, -0.2) is 4.79 Å². The smallest absolute Gasteiger partial charge is 0.408 e. The second-order valence-electron chi connectivity index (χ2n) is 5.82. The third kappa shape index (κ3) is 4.18. The van der Waals surface area contributed by atoms with Gasteiger partial charge in [-0.15, -0.1) is 0 Å². The first kappa shape index (κ1) is 14.8. The molecule has 0 saturated carbocycles. The molecule has 1 aliphatic rings. The summed E-state index contributed by atoms with van der Waals surface area (Å²) in [6, 6.07) is -0.428. The van der Waals surface area contributed by atoms with Crippen LogP contribution in [0.1, 0.15) is 34.6 Å². The summed E-state index contributed by atoms with van der Waals surface area (Å²) in [5, 5.41) is 12.8. The lowest BCUT2D eigenvalue weighted by Gasteiger charge is -2.29. The Morgan fingerprint density at radius 3 is 2.56 bits per heavy atom. The predicted octanol–water partition coefficient (Wildman–Crippen LogP) is 2.39. The summed E-state index contributed by atoms with van der Waals surface area (Å²) in [5.74, 6) is 0.243. The highest BCUT2D eigenvalue weighted by Crippen LogP contribution is 2.21. The number of ether oxygens (including phenoxy) is 1. The van der Waals surface area contributed by atoms with E-state index in [1.54, 1.807) is 26.8 Å². The molecule has 0 aromatic carbocycles. The van der Waals surface area contributed by atoms with Crippen LogP contribution in [0.2, 0.25) is 0 Å². The molecule has 4 heteroatoms. The number of amides is 1. The van der Waals surface area contributed by atoms with Crippen molar-refractivity contribution >= 4 is 6.09 Å². The van der Waals surface area contributed by atoms with E-state index >= 15 is 0 Å². The maximum atomic E-state index is 11.7. The lowest BCUT2D eigenvalue weighted by atomic mass is 9.89. The van der Waals surface area contributed by atoms with Gasteiger partial charge in [-0.1, -0.05) is 32.1 Å². The lowest BCUT2D eigenvalue weighted by Crippen LogP contribution is -2.46. The van der Waals surface area contributed by atoms with E-state index in [9.17, 15) is 9.90 Å². The number of nitrogens with one attached hydrogen (secondary N) is 1. The van der Waals surface area contributed by atoms with E-state index in [4.69, 9.17) is 4.74 Å². The maximum Gasteiger partial charge on any atom is 0.408 e. The number of alkyl carbamates (subject to hydrolysis) is 1. The molecule has 2 N–H and O–H groups in total. The molecular weight excluding hydrogens is 230 g/mol. The Hall–Kier alpha value is -1.29. The second kappa shape index (κ2) is 5.57. The second-order valence-corrected chi connectivity index (χ2v) is 5.82. The molecule has 0 fully saturated rings. The molecule has 4 nitrogen and oxygen atoms in total. The number of carbonyl (C=O) groups is 1. The highest BCUT2D eigenvalue weighted by Gasteiger charge is 2.27. The van der Waals surface area contributed by atoms with Gasteiger partial charge < -0.3 is 15.2 Å². The van der Waals surface area contributed by atoms with Crippen LogP contribution in [-0.4, -0.2) is 28.9 Å². The monoisotopic (exact) mass is 253 g/mol. The average Bonchev–Trinajstić information content (AvgIpc) is 2.17. The van der Waals surface area contributed by atoms with Crippen molar-refractivity contribution in [2.24, 2.45) is 5.92 Å². The van der Waals surface area contributed by atoms with Crippen molar-refractivity contribution in [3.05, 3.63) is 23.8 Å². The van der Waals surface area contributed by atoms with Crippen LogP contribution in [0.25, 0.3) is 0 Å². The highest BCUT2D eigenvalue weighted by molar-refractivity contribution is 5.68. The fraction of sp³-hybridized carbons (Fsp3) is 0.643. The van der Waals surface area contributed by atoms with Crippen molar-refractivity contribution < 1.29 is 14.6 Å². The summed E-state index contributed by atoms with van der Waals surface area (Å²) < 4.78 is 5.17. The number of hydrogen-bond donors (Lipinski definition) is 2. The van der Waals surface area contributed by atoms with E-state index in [0.29, 0.717) is 0 Å². The quantitative estimate of drug-likeness (QED) is 0.794. The molecule has 0 bridgehead atoms. The van der Waals surface area contributed by atoms with Crippen molar-refractivity contribution in [1.82, 2.24) is 5.32 Å². The zero-order valence-corrected chi connectivity index (χ0v) is 11.7. The molecule has 0 unspecified atom stereocenters. The summed E-state index contributed by atoms with van der Waals surface area (Å²) >= 11 is 0. The first-order valence-electron chi connectivity index (χ1n) is 6.26. The number of aliphatic hydroxyl groups is 1. The third-order valence-electron chi connectivity index (χ3n) is 2.64. The van der Waals surface area contributed by atoms with Gasteiger partial charge in [0.15, 0.2) is 0 Å². The summed E-state index contributed by atoms with van der Waals surface area (Å²) in [6.45, 7) is 9.44. The van der Waals surface area contributed by atoms with Crippen molar-refractivity contribution in [2.45, 2.75) is 52.4 Å². The van der Waals surface area contributed by atoms with Gasteiger partial charge in [0.05, 0.1) is 12.1 Å². The number of hydrogen-bond acceptors (Lipinski definition) is 3. The Bertz CT molecular complexity index is 364. The van der Waals surface area contributed by atoms with Gasteiger partial charge >= 0.3 is 6.09 Å². The standard InChI is InChI=1S/C14H23NO3/c1-9(2)10-7-6-8-11(12(10)16)15-13(17)18-14(3,4)5/h6-9,11-12,16H,1-5H3,(H,15,17)/t11-,12+/m0/s1. The van der Waals surface area contributed by atoms with Crippen molar-refractivity contribution in [3.8, 4) is 0 Å². The van der Waals surface area contributed by atoms with Crippen LogP contribution in [0.3, 0.4) is 0 Å². The number of carbonyl (C=O) groups excluding carboxylic acids is 1. The van der Waals surface area contributed by atoms with Crippen LogP contribution in [0.5, 0.6) is 0 Å². The van der Waals surface area contributed by atoms with E-state index in [1.165, 1.54) is 0 Å². The zero-order valence-electron chi connectivity index (χ0n) is 11.7. The highest BCUT2D eigenvalue weighted by atomic mass is 16.6. The summed E-state index contributed by atoms with van der Waals surface area (Å²) in [7, 11) is 0. The number of rotatable bonds is 2. The normalized spacial score (nSPS) is 23.8. The minimum Gasteiger partial charge on any atom is -0.444 e. The Balaban J connectivity index is 2.62. The van der Waals surface area contributed by atoms with Gasteiger partial charge in [0.1, 0.15) is 5.60 Å². The van der Waals surface area contributed by atoms with E-state index in [1.807, 2.05) is 26.0 Å². The fourth-order valence-electron chi connectivity index (χ4n) is 1.80. The molecule has 0 saturated heterocycles. The van der Waals surface area contributed by atoms with E-state index in [2.05, 4.69) is 5.32 Å². The zero-order chi connectivity index (χ0) is 13.9. The fourth-order valence-corrected chi connectivity index (χ4v) is 1.80. The van der Waals surface area contributed by atoms with E-state index in [0.717, 1.165) is 5.57 Å². The summed E-state index contributed by atoms with van der Waals surface area (Å²) in [4.78, 5) is 11.7. The van der Waals surface area contributed by atoms with E-state index < -0.39 is 23.8 Å². The van der Waals surface area contributed by atoms with Crippen LogP contribution in [0.4, 0.5) is 4.79 Å². The number of allylic oxidation sites excluding steroid dienone is 2. The molecule has 18 heavy (non-hydrogen) atoms. The number of aliphatic hydroxyl groups excluding tert-OH is 1. The largest absolute Gasteiger partial charge is 0.444 e. The van der Waals surface area contributed by atoms with Gasteiger partial charge in [0, 0.05) is 0 Å². The Morgan fingerprint density at radius 1 is 1.44 bits per heavy atom. The molecule has 1 rings (SSSR count). The molecule has 1 amide bonds. The SMILES string of the molecule is CC(C)C1=CC=C[C@H](NC(=O)OC(C)(C)C)[C@@H]1O. The van der Waals surface area contributed by atoms with Gasteiger partial charge in [0.25, 0.3) is 0 Å². The molecule has 2 atom stereocenters. The van der Waals surface area contributed by atoms with Gasteiger partial charge in [0.2, 0.25) is 0 Å². The van der Waals surface area contributed by atoms with Crippen LogP contribution in [0.15, 0.2) is 23.8 Å². The van der Waals surface area contributed by atoms with Crippen LogP contribution in [-0.2, 0) is 4.74 Å². The Morgan fingerprint density at radius 2 is 2.06 bits per heavy atom. The summed E-state index contributed by atoms with van der Waals surface area (Å²) in [5.41, 5.74) is 0.378. The Labute approximate surface area is 109 Å². The predicted molar refractivity (Wildman–Crippen MR) is 71.2 cm³/mol. The van der Waals surface area contributed by atoms with Crippen molar-refractivity contribution in [1.29, 1.82) is 0 Å². The Kier molecular flexibility index (Phi) is 4.57. The first-order valence-corrected chi connectivity index (χ1v) is 6.26. The lowest BCUT2D eigenvalue weighted by molar-refractivity contribution is 0.0468. The van der Waals surface area contributed by atoms with Crippen molar-refractivity contribution in [2.75, 3.05) is 0 Å². The van der Waals surface area contributed by atoms with Crippen molar-refractivity contribution in [3.63, 3.8) is 0 Å². The van der Waals surface area contributed by atoms with Crippen LogP contribution < -0.4 is 5.32 Å². The molecular formula is C14H23NO3.